The second-order valence-electron chi connectivity index (χ2n) is 11.6. The number of fused-ring (bicyclic) bond motifs is 4. The van der Waals surface area contributed by atoms with Crippen molar-refractivity contribution in [2.45, 2.75) is 48.6 Å². The Morgan fingerprint density at radius 1 is 1.09 bits per heavy atom. The molecule has 4 N–H and O–H groups in total. The number of carbonyl (C=O) groups excluding carboxylic acids is 1. The smallest absolute Gasteiger partial charge is 0.293 e. The summed E-state index contributed by atoms with van der Waals surface area (Å²) in [7, 11) is -4.03. The molecule has 0 spiro atoms. The van der Waals surface area contributed by atoms with Crippen LogP contribution >= 0.6 is 0 Å². The van der Waals surface area contributed by atoms with Gasteiger partial charge >= 0.3 is 0 Å². The van der Waals surface area contributed by atoms with Crippen molar-refractivity contribution in [2.75, 3.05) is 0 Å². The molecular weight excluding hydrogens is 652 g/mol. The Kier molecular flexibility index (Phi) is 7.16. The van der Waals surface area contributed by atoms with E-state index in [2.05, 4.69) is 25.6 Å². The fourth-order valence-corrected chi connectivity index (χ4v) is 6.86. The molecule has 3 heterocycles. The van der Waals surface area contributed by atoms with E-state index in [0.717, 1.165) is 12.1 Å². The molecule has 7 rings (SSSR count). The first-order chi connectivity index (χ1) is 22.2. The molecule has 0 bridgehead atoms. The number of halogens is 6. The van der Waals surface area contributed by atoms with Gasteiger partial charge in [0, 0.05) is 23.1 Å². The summed E-state index contributed by atoms with van der Waals surface area (Å²) >= 11 is 0. The molecule has 1 unspecified atom stereocenters. The van der Waals surface area contributed by atoms with Gasteiger partial charge in [0.25, 0.3) is 12.3 Å². The summed E-state index contributed by atoms with van der Waals surface area (Å²) in [6, 6.07) is 8.57. The predicted molar refractivity (Wildman–Crippen MR) is 154 cm³/mol. The first kappa shape index (κ1) is 30.9. The summed E-state index contributed by atoms with van der Waals surface area (Å²) in [6.07, 6.45) is -1.95. The highest BCUT2D eigenvalue weighted by atomic mass is 32.2. The largest absolute Gasteiger partial charge is 0.346 e. The minimum atomic E-state index is -4.03. The van der Waals surface area contributed by atoms with Crippen LogP contribution in [-0.4, -0.2) is 39.3 Å². The molecule has 3 aromatic heterocycles. The van der Waals surface area contributed by atoms with Gasteiger partial charge in [0.15, 0.2) is 0 Å². The van der Waals surface area contributed by atoms with E-state index in [1.165, 1.54) is 30.5 Å². The fourth-order valence-electron chi connectivity index (χ4n) is 6.35. The first-order valence-electron chi connectivity index (χ1n) is 14.2. The molecule has 1 amide bonds. The number of hydrogen-bond donors (Lipinski definition) is 3. The Balaban J connectivity index is 1.30. The number of alkyl halides is 4. The van der Waals surface area contributed by atoms with Gasteiger partial charge in [0.2, 0.25) is 15.9 Å². The maximum atomic E-state index is 15.1. The highest BCUT2D eigenvalue weighted by Crippen LogP contribution is 2.68. The maximum Gasteiger partial charge on any atom is 0.293 e. The predicted octanol–water partition coefficient (Wildman–Crippen LogP) is 4.99. The summed E-state index contributed by atoms with van der Waals surface area (Å²) in [5.74, 6) is -8.05. The Morgan fingerprint density at radius 3 is 2.45 bits per heavy atom. The van der Waals surface area contributed by atoms with E-state index in [9.17, 15) is 30.8 Å². The molecule has 0 saturated heterocycles. The fraction of sp³-hybridized carbons (Fsp3) is 0.267. The van der Waals surface area contributed by atoms with Gasteiger partial charge in [-0.05, 0) is 60.2 Å². The van der Waals surface area contributed by atoms with Crippen molar-refractivity contribution < 1.29 is 39.6 Å². The van der Waals surface area contributed by atoms with Crippen LogP contribution in [-0.2, 0) is 33.7 Å². The third kappa shape index (κ3) is 5.52. The zero-order chi connectivity index (χ0) is 33.4. The van der Waals surface area contributed by atoms with Crippen molar-refractivity contribution in [3.05, 3.63) is 94.6 Å². The SMILES string of the molecule is NS(=O)(=O)c1ccc(-c2cc3[nH]ncc3nc2C(Cc2cc(F)cc(F)c2)NC(=O)Cn2nc(C(F)F)c3c2C(F)(F)[C@@H]2C[C@H]32)cc1. The third-order valence-corrected chi connectivity index (χ3v) is 9.36. The number of pyridine rings is 1. The number of hydrogen-bond acceptors (Lipinski definition) is 6. The number of rotatable bonds is 9. The van der Waals surface area contributed by atoms with Crippen LogP contribution in [0.4, 0.5) is 26.3 Å². The lowest BCUT2D eigenvalue weighted by molar-refractivity contribution is -0.123. The molecule has 2 aliphatic carbocycles. The Morgan fingerprint density at radius 2 is 1.79 bits per heavy atom. The van der Waals surface area contributed by atoms with E-state index >= 15 is 8.78 Å². The van der Waals surface area contributed by atoms with Gasteiger partial charge in [0.1, 0.15) is 35.1 Å². The van der Waals surface area contributed by atoms with Crippen LogP contribution in [0.5, 0.6) is 0 Å². The molecule has 17 heteroatoms. The zero-order valence-corrected chi connectivity index (χ0v) is 24.7. The molecule has 1 saturated carbocycles. The van der Waals surface area contributed by atoms with Crippen LogP contribution in [0, 0.1) is 17.6 Å². The van der Waals surface area contributed by atoms with Gasteiger partial charge in [0.05, 0.1) is 28.3 Å². The monoisotopic (exact) mass is 675 g/mol. The van der Waals surface area contributed by atoms with Gasteiger partial charge in [-0.1, -0.05) is 12.1 Å². The van der Waals surface area contributed by atoms with E-state index in [4.69, 9.17) is 5.14 Å². The highest BCUT2D eigenvalue weighted by molar-refractivity contribution is 7.89. The number of primary sulfonamides is 1. The van der Waals surface area contributed by atoms with Crippen LogP contribution < -0.4 is 10.5 Å². The topological polar surface area (TPSA) is 149 Å². The minimum Gasteiger partial charge on any atom is -0.346 e. The molecule has 244 valence electrons. The summed E-state index contributed by atoms with van der Waals surface area (Å²) in [6.45, 7) is -0.857. The van der Waals surface area contributed by atoms with Crippen LogP contribution in [0.1, 0.15) is 53.0 Å². The summed E-state index contributed by atoms with van der Waals surface area (Å²) < 4.78 is 111. The summed E-state index contributed by atoms with van der Waals surface area (Å²) in [5, 5.41) is 18.3. The van der Waals surface area contributed by atoms with Gasteiger partial charge in [-0.3, -0.25) is 14.6 Å². The Labute approximate surface area is 262 Å². The van der Waals surface area contributed by atoms with E-state index in [-0.39, 0.29) is 34.6 Å². The van der Waals surface area contributed by atoms with Gasteiger partial charge < -0.3 is 5.32 Å². The Bertz CT molecular complexity index is 2150. The lowest BCUT2D eigenvalue weighted by Gasteiger charge is -2.23. The van der Waals surface area contributed by atoms with Crippen LogP contribution in [0.25, 0.3) is 22.2 Å². The average Bonchev–Trinajstić information content (AvgIpc) is 3.40. The molecule has 10 nitrogen and oxygen atoms in total. The van der Waals surface area contributed by atoms with Gasteiger partial charge in [-0.2, -0.15) is 19.0 Å². The number of nitrogens with zero attached hydrogens (tertiary/aromatic N) is 4. The Hall–Kier alpha value is -4.77. The molecule has 1 fully saturated rings. The van der Waals surface area contributed by atoms with E-state index in [1.54, 1.807) is 6.07 Å². The third-order valence-electron chi connectivity index (χ3n) is 8.43. The minimum absolute atomic E-state index is 0.0486. The van der Waals surface area contributed by atoms with E-state index in [1.807, 2.05) is 0 Å². The second kappa shape index (κ2) is 10.9. The average molecular weight is 676 g/mol. The zero-order valence-electron chi connectivity index (χ0n) is 23.9. The number of aromatic amines is 1. The van der Waals surface area contributed by atoms with Crippen molar-refractivity contribution in [3.8, 4) is 11.1 Å². The number of sulfonamides is 1. The van der Waals surface area contributed by atoms with Crippen LogP contribution in [0.15, 0.2) is 59.6 Å². The molecular formula is C30H23F6N7O3S. The summed E-state index contributed by atoms with van der Waals surface area (Å²) in [5.41, 5.74) is 0.0428. The van der Waals surface area contributed by atoms with Crippen molar-refractivity contribution in [1.82, 2.24) is 30.3 Å². The van der Waals surface area contributed by atoms with E-state index in [0.29, 0.717) is 32.9 Å². The number of amides is 1. The van der Waals surface area contributed by atoms with Crippen molar-refractivity contribution in [3.63, 3.8) is 0 Å². The van der Waals surface area contributed by atoms with Crippen molar-refractivity contribution >= 4 is 27.0 Å². The molecule has 0 aliphatic heterocycles. The number of carbonyl (C=O) groups is 1. The lowest BCUT2D eigenvalue weighted by Crippen LogP contribution is -2.35. The molecule has 0 radical (unpaired) electrons. The van der Waals surface area contributed by atoms with Crippen molar-refractivity contribution in [2.24, 2.45) is 11.1 Å². The van der Waals surface area contributed by atoms with Crippen LogP contribution in [0.2, 0.25) is 0 Å². The molecule has 5 aromatic rings. The van der Waals surface area contributed by atoms with Gasteiger partial charge in [-0.15, -0.1) is 0 Å². The number of nitrogens with two attached hydrogens (primary N) is 1. The maximum absolute atomic E-state index is 15.1. The highest BCUT2D eigenvalue weighted by Gasteiger charge is 2.67. The number of aromatic nitrogens is 5. The van der Waals surface area contributed by atoms with E-state index < -0.39 is 75.7 Å². The molecule has 47 heavy (non-hydrogen) atoms. The number of nitrogens with one attached hydrogen (secondary N) is 2. The van der Waals surface area contributed by atoms with Gasteiger partial charge in [-0.25, -0.2) is 36.1 Å². The lowest BCUT2D eigenvalue weighted by atomic mass is 9.95. The quantitative estimate of drug-likeness (QED) is 0.188. The standard InChI is InChI=1S/C30H23F6N7O3S/c31-15-5-13(6-16(32)8-15)7-22(39-24(44)12-43-28-25(27(42-43)29(33)34)19-9-20(19)30(28,35)36)26-18(10-21-23(40-26)11-38-41-21)14-1-3-17(4-2-14)47(37,45)46/h1-6,8,10-11,19-20,22,29H,7,9,12H2,(H,38,41)(H,39,44)(H2,37,45,46)/t19-,20+,22?/m0/s1. The normalized spacial score (nSPS) is 18.7. The second-order valence-corrected chi connectivity index (χ2v) is 13.1. The molecule has 2 aliphatic rings. The van der Waals surface area contributed by atoms with Crippen LogP contribution in [0.3, 0.4) is 0 Å². The first-order valence-corrected chi connectivity index (χ1v) is 15.7. The van der Waals surface area contributed by atoms with Crippen molar-refractivity contribution in [1.29, 1.82) is 0 Å². The number of H-pyrrole nitrogens is 1. The molecule has 3 atom stereocenters. The summed E-state index contributed by atoms with van der Waals surface area (Å²) in [4.78, 5) is 18.0. The molecule has 2 aromatic carbocycles. The number of benzene rings is 2.